The highest BCUT2D eigenvalue weighted by molar-refractivity contribution is 6.00. The lowest BCUT2D eigenvalue weighted by atomic mass is 10.2. The van der Waals surface area contributed by atoms with E-state index >= 15 is 0 Å². The number of carbonyl (C=O) groups excluding carboxylic acids is 2. The van der Waals surface area contributed by atoms with Crippen LogP contribution in [0.1, 0.15) is 26.3 Å². The molecule has 7 heterocycles. The van der Waals surface area contributed by atoms with E-state index in [0.717, 1.165) is 12.4 Å². The molecule has 1 aliphatic heterocycles. The average Bonchev–Trinajstić information content (AvgIpc) is 3.74. The number of hydrogen-bond acceptors (Lipinski definition) is 15. The van der Waals surface area contributed by atoms with Crippen LogP contribution in [0.5, 0.6) is 11.8 Å². The third-order valence-corrected chi connectivity index (χ3v) is 7.79. The van der Waals surface area contributed by atoms with Gasteiger partial charge in [-0.2, -0.15) is 19.2 Å². The minimum Gasteiger partial charge on any atom is -0.386 e. The van der Waals surface area contributed by atoms with Crippen LogP contribution in [0.4, 0.5) is 61.0 Å². The topological polar surface area (TPSA) is 234 Å². The van der Waals surface area contributed by atoms with Crippen molar-refractivity contribution in [1.82, 2.24) is 44.5 Å². The van der Waals surface area contributed by atoms with Crippen LogP contribution in [0.15, 0.2) is 55.1 Å². The first-order valence-corrected chi connectivity index (χ1v) is 16.0. The van der Waals surface area contributed by atoms with E-state index in [1.165, 1.54) is 58.8 Å². The van der Waals surface area contributed by atoms with Crippen LogP contribution in [0, 0.1) is 0 Å². The van der Waals surface area contributed by atoms with E-state index in [2.05, 4.69) is 66.2 Å². The van der Waals surface area contributed by atoms with E-state index in [1.807, 2.05) is 0 Å². The van der Waals surface area contributed by atoms with Gasteiger partial charge in [0.15, 0.2) is 11.3 Å². The highest BCUT2D eigenvalue weighted by atomic mass is 19.4. The first-order chi connectivity index (χ1) is 26.6. The first-order valence-electron chi connectivity index (χ1n) is 16.0. The molecule has 25 heteroatoms. The van der Waals surface area contributed by atoms with Crippen molar-refractivity contribution in [2.45, 2.75) is 25.3 Å². The molecule has 7 N–H and O–H groups in total. The monoisotopic (exact) mass is 788 g/mol. The number of carbonyl (C=O) groups is 2. The zero-order valence-electron chi connectivity index (χ0n) is 28.4. The number of fused-ring (bicyclic) bond motifs is 2. The molecule has 1 aliphatic rings. The normalized spacial score (nSPS) is 13.3. The summed E-state index contributed by atoms with van der Waals surface area (Å²) in [5.41, 5.74) is 5.11. The van der Waals surface area contributed by atoms with Crippen molar-refractivity contribution in [2.24, 2.45) is 5.73 Å². The van der Waals surface area contributed by atoms with Gasteiger partial charge in [-0.05, 0) is 23.8 Å². The number of hydrogen-bond donors (Lipinski definition) is 6. The van der Waals surface area contributed by atoms with Gasteiger partial charge in [-0.3, -0.25) is 9.59 Å². The van der Waals surface area contributed by atoms with Gasteiger partial charge in [-0.1, -0.05) is 0 Å². The molecule has 0 saturated carbocycles. The standard InChI is InChI=1S/C31H26F6N14O5/c1-39-22-6-20(48-25-16(24(38)52)10-43-50(22)25)47-19-5-14(9-42-29(19)56-31(35,36)37)8-41-23-7-21(46-18-3-2-4-40-28(18)55-30(32,33)34)49-26-17(11-44-51(23)26)27(53)45-15-12-54-13-15/h2-7,9-11,15,39,41H,8,12-13H2,1H3,(H2,38,52)(H,45,53)(H,46,49)(H,47,48). The fraction of sp³-hybridized carbons (Fsp3) is 0.226. The highest BCUT2D eigenvalue weighted by Gasteiger charge is 2.34. The lowest BCUT2D eigenvalue weighted by Crippen LogP contribution is -2.48. The molecule has 0 aliphatic carbocycles. The molecular weight excluding hydrogens is 762 g/mol. The number of nitrogens with one attached hydrogen (secondary N) is 5. The lowest BCUT2D eigenvalue weighted by molar-refractivity contribution is -0.276. The van der Waals surface area contributed by atoms with Crippen molar-refractivity contribution >= 4 is 57.8 Å². The molecule has 19 nitrogen and oxygen atoms in total. The number of aromatic nitrogens is 8. The van der Waals surface area contributed by atoms with E-state index in [9.17, 15) is 35.9 Å². The molecular formula is C31H26F6N14O5. The second-order valence-electron chi connectivity index (χ2n) is 11.7. The maximum Gasteiger partial charge on any atom is 0.574 e. The summed E-state index contributed by atoms with van der Waals surface area (Å²) < 4.78 is 95.5. The number of pyridine rings is 2. The predicted molar refractivity (Wildman–Crippen MR) is 182 cm³/mol. The van der Waals surface area contributed by atoms with Gasteiger partial charge in [-0.15, -0.1) is 26.3 Å². The lowest BCUT2D eigenvalue weighted by Gasteiger charge is -2.26. The molecule has 0 radical (unpaired) electrons. The third-order valence-electron chi connectivity index (χ3n) is 7.79. The minimum absolute atomic E-state index is 0.00120. The molecule has 2 amide bonds. The Morgan fingerprint density at radius 2 is 1.46 bits per heavy atom. The molecule has 0 aromatic carbocycles. The summed E-state index contributed by atoms with van der Waals surface area (Å²) >= 11 is 0. The van der Waals surface area contributed by atoms with E-state index in [-0.39, 0.29) is 88.4 Å². The fourth-order valence-corrected chi connectivity index (χ4v) is 5.29. The number of nitrogens with two attached hydrogens (primary N) is 1. The van der Waals surface area contributed by atoms with Crippen molar-refractivity contribution < 1.29 is 50.1 Å². The Hall–Kier alpha value is -7.18. The van der Waals surface area contributed by atoms with Crippen LogP contribution in [0.3, 0.4) is 0 Å². The summed E-state index contributed by atoms with van der Waals surface area (Å²) in [7, 11) is 1.54. The van der Waals surface area contributed by atoms with Crippen molar-refractivity contribution in [1.29, 1.82) is 0 Å². The summed E-state index contributed by atoms with van der Waals surface area (Å²) in [6, 6.07) is 6.36. The number of nitrogens with zero attached hydrogens (tertiary/aromatic N) is 8. The van der Waals surface area contributed by atoms with Crippen LogP contribution >= 0.6 is 0 Å². The predicted octanol–water partition coefficient (Wildman–Crippen LogP) is 3.73. The number of amides is 2. The summed E-state index contributed by atoms with van der Waals surface area (Å²) in [4.78, 5) is 41.3. The minimum atomic E-state index is -5.14. The molecule has 6 aromatic heterocycles. The second-order valence-corrected chi connectivity index (χ2v) is 11.7. The molecule has 0 unspecified atom stereocenters. The van der Waals surface area contributed by atoms with Gasteiger partial charge >= 0.3 is 12.7 Å². The maximum atomic E-state index is 13.4. The van der Waals surface area contributed by atoms with Crippen LogP contribution in [0.2, 0.25) is 0 Å². The molecule has 6 aromatic rings. The van der Waals surface area contributed by atoms with Crippen LogP contribution in [-0.2, 0) is 11.3 Å². The number of anilines is 6. The van der Waals surface area contributed by atoms with Crippen LogP contribution in [-0.4, -0.2) is 90.0 Å². The zero-order valence-corrected chi connectivity index (χ0v) is 28.4. The molecule has 1 fully saturated rings. The zero-order chi connectivity index (χ0) is 39.8. The van der Waals surface area contributed by atoms with Crippen molar-refractivity contribution in [3.05, 3.63) is 71.8 Å². The van der Waals surface area contributed by atoms with Gasteiger partial charge in [0.2, 0.25) is 11.8 Å². The van der Waals surface area contributed by atoms with Crippen LogP contribution < -0.4 is 41.8 Å². The number of ether oxygens (including phenoxy) is 3. The van der Waals surface area contributed by atoms with Gasteiger partial charge in [0, 0.05) is 38.1 Å². The Morgan fingerprint density at radius 3 is 2.09 bits per heavy atom. The van der Waals surface area contributed by atoms with Crippen molar-refractivity contribution in [2.75, 3.05) is 41.5 Å². The molecule has 7 rings (SSSR count). The molecule has 0 bridgehead atoms. The van der Waals surface area contributed by atoms with Crippen LogP contribution in [0.25, 0.3) is 11.3 Å². The maximum absolute atomic E-state index is 13.4. The number of alkyl halides is 6. The summed E-state index contributed by atoms with van der Waals surface area (Å²) in [6.45, 7) is 0.418. The fourth-order valence-electron chi connectivity index (χ4n) is 5.29. The Labute approximate surface area is 308 Å². The number of rotatable bonds is 13. The summed E-state index contributed by atoms with van der Waals surface area (Å²) in [5, 5.41) is 22.4. The Morgan fingerprint density at radius 1 is 0.857 bits per heavy atom. The summed E-state index contributed by atoms with van der Waals surface area (Å²) in [6.07, 6.45) is -5.61. The largest absolute Gasteiger partial charge is 0.574 e. The van der Waals surface area contributed by atoms with Gasteiger partial charge in [0.1, 0.15) is 45.8 Å². The summed E-state index contributed by atoms with van der Waals surface area (Å²) in [5.74, 6) is -2.79. The average molecular weight is 789 g/mol. The number of primary amides is 1. The first kappa shape index (κ1) is 37.1. The van der Waals surface area contributed by atoms with Crippen molar-refractivity contribution in [3.8, 4) is 11.8 Å². The van der Waals surface area contributed by atoms with E-state index in [4.69, 9.17) is 10.5 Å². The molecule has 292 valence electrons. The van der Waals surface area contributed by atoms with E-state index < -0.39 is 36.3 Å². The Kier molecular flexibility index (Phi) is 9.67. The van der Waals surface area contributed by atoms with Gasteiger partial charge in [-0.25, -0.2) is 19.9 Å². The molecule has 56 heavy (non-hydrogen) atoms. The van der Waals surface area contributed by atoms with Gasteiger partial charge in [0.25, 0.3) is 11.8 Å². The number of halogens is 6. The smallest absolute Gasteiger partial charge is 0.386 e. The van der Waals surface area contributed by atoms with E-state index in [0.29, 0.717) is 0 Å². The SMILES string of the molecule is CNc1cc(Nc2cc(CNc3cc(Nc4cccnc4OC(F)(F)F)nc4c(C(=O)NC5COC5)cnn34)cnc2OC(F)(F)F)nc2c(C(N)=O)cnn12. The van der Waals surface area contributed by atoms with Gasteiger partial charge < -0.3 is 46.5 Å². The molecule has 1 saturated heterocycles. The third kappa shape index (κ3) is 8.15. The molecule has 0 atom stereocenters. The molecule has 0 spiro atoms. The Bertz CT molecular complexity index is 2450. The van der Waals surface area contributed by atoms with Gasteiger partial charge in [0.05, 0.1) is 31.6 Å². The quantitative estimate of drug-likeness (QED) is 0.0916. The second kappa shape index (κ2) is 14.6. The van der Waals surface area contributed by atoms with E-state index in [1.54, 1.807) is 0 Å². The highest BCUT2D eigenvalue weighted by Crippen LogP contribution is 2.34. The Balaban J connectivity index is 1.23. The van der Waals surface area contributed by atoms with Crippen molar-refractivity contribution in [3.63, 3.8) is 0 Å².